The van der Waals surface area contributed by atoms with E-state index in [0.29, 0.717) is 0 Å². The van der Waals surface area contributed by atoms with Gasteiger partial charge in [-0.2, -0.15) is 43.2 Å². The predicted octanol–water partition coefficient (Wildman–Crippen LogP) is 4.78. The van der Waals surface area contributed by atoms with Crippen molar-refractivity contribution in [2.45, 2.75) is 11.0 Å². The average Bonchev–Trinajstić information content (AvgIpc) is 2.57. The Bertz CT molecular complexity index is 1070. The van der Waals surface area contributed by atoms with Crippen molar-refractivity contribution < 1.29 is 52.3 Å². The summed E-state index contributed by atoms with van der Waals surface area (Å²) in [4.78, 5) is 0. The van der Waals surface area contributed by atoms with Crippen LogP contribution >= 0.6 is 0 Å². The first-order chi connectivity index (χ1) is 13.4. The van der Waals surface area contributed by atoms with Crippen LogP contribution in [0.25, 0.3) is 21.5 Å². The summed E-state index contributed by atoms with van der Waals surface area (Å²) >= 11 is 0. The van der Waals surface area contributed by atoms with Crippen LogP contribution < -0.4 is 0 Å². The molecule has 0 aliphatic rings. The van der Waals surface area contributed by atoms with Crippen molar-refractivity contribution in [2.75, 3.05) is 0 Å². The third-order valence-corrected chi connectivity index (χ3v) is 4.37. The van der Waals surface area contributed by atoms with Crippen LogP contribution in [0.2, 0.25) is 0 Å². The van der Waals surface area contributed by atoms with Gasteiger partial charge in [-0.1, -0.05) is 48.5 Å². The average molecular weight is 478 g/mol. The second-order valence-electron chi connectivity index (χ2n) is 5.39. The second kappa shape index (κ2) is 9.16. The largest absolute Gasteiger partial charge is 0.522 e. The molecule has 0 bridgehead atoms. The zero-order valence-electron chi connectivity index (χ0n) is 14.4. The maximum atomic E-state index is 10.7. The van der Waals surface area contributed by atoms with E-state index in [1.165, 1.54) is 21.5 Å². The quantitative estimate of drug-likeness (QED) is 0.208. The number of hydrogen-bond donors (Lipinski definition) is 2. The van der Waals surface area contributed by atoms with Crippen molar-refractivity contribution in [3.63, 3.8) is 0 Å². The summed E-state index contributed by atoms with van der Waals surface area (Å²) in [5.74, 6) is 0. The zero-order chi connectivity index (χ0) is 23.4. The first kappa shape index (κ1) is 25.6. The molecule has 166 valence electrons. The summed E-state index contributed by atoms with van der Waals surface area (Å²) in [5, 5.41) is 5.25. The molecule has 0 saturated heterocycles. The third kappa shape index (κ3) is 7.44. The van der Waals surface area contributed by atoms with E-state index in [1.807, 2.05) is 0 Å². The van der Waals surface area contributed by atoms with Gasteiger partial charge >= 0.3 is 31.3 Å². The van der Waals surface area contributed by atoms with Gasteiger partial charge in [-0.15, -0.1) is 0 Å². The fourth-order valence-corrected chi connectivity index (χ4v) is 1.88. The molecule has 0 unspecified atom stereocenters. The van der Waals surface area contributed by atoms with Gasteiger partial charge in [0.05, 0.1) is 0 Å². The number of benzene rings is 3. The summed E-state index contributed by atoms with van der Waals surface area (Å²) in [6.45, 7) is 0. The van der Waals surface area contributed by atoms with Gasteiger partial charge < -0.3 is 0 Å². The number of alkyl halides is 6. The van der Waals surface area contributed by atoms with Crippen LogP contribution in [0, 0.1) is 0 Å². The minimum Gasteiger partial charge on any atom is -0.279 e. The van der Waals surface area contributed by atoms with E-state index in [9.17, 15) is 26.3 Å². The molecule has 6 nitrogen and oxygen atoms in total. The van der Waals surface area contributed by atoms with Gasteiger partial charge in [0.2, 0.25) is 0 Å². The lowest BCUT2D eigenvalue weighted by Gasteiger charge is -2.00. The van der Waals surface area contributed by atoms with E-state index in [1.54, 1.807) is 0 Å². The highest BCUT2D eigenvalue weighted by Gasteiger charge is 2.45. The van der Waals surface area contributed by atoms with E-state index in [4.69, 9.17) is 25.9 Å². The molecule has 14 heteroatoms. The SMILES string of the molecule is O=S(=O)(O)C(F)(F)F.O=S(=O)(O)C(F)(F)F.c1ccc2cc3ccccc3cc2c1. The summed E-state index contributed by atoms with van der Waals surface area (Å²) in [5.41, 5.74) is -11.1. The Labute approximate surface area is 166 Å². The molecule has 30 heavy (non-hydrogen) atoms. The molecule has 0 amide bonds. The first-order valence-corrected chi connectivity index (χ1v) is 10.3. The molecule has 3 aromatic carbocycles. The lowest BCUT2D eigenvalue weighted by molar-refractivity contribution is -0.0514. The van der Waals surface area contributed by atoms with Crippen LogP contribution in [0.4, 0.5) is 26.3 Å². The Morgan fingerprint density at radius 1 is 0.533 bits per heavy atom. The molecule has 3 aromatic rings. The van der Waals surface area contributed by atoms with Gasteiger partial charge in [0.25, 0.3) is 0 Å². The lowest BCUT2D eigenvalue weighted by Crippen LogP contribution is -2.21. The van der Waals surface area contributed by atoms with Crippen molar-refractivity contribution in [3.05, 3.63) is 60.7 Å². The highest BCUT2D eigenvalue weighted by Crippen LogP contribution is 2.22. The second-order valence-corrected chi connectivity index (χ2v) is 8.21. The molecule has 0 aromatic heterocycles. The van der Waals surface area contributed by atoms with Crippen molar-refractivity contribution in [1.29, 1.82) is 0 Å². The number of hydrogen-bond acceptors (Lipinski definition) is 4. The number of rotatable bonds is 0. The Hall–Kier alpha value is -2.42. The van der Waals surface area contributed by atoms with E-state index in [0.717, 1.165) is 0 Å². The van der Waals surface area contributed by atoms with Crippen molar-refractivity contribution in [1.82, 2.24) is 0 Å². The van der Waals surface area contributed by atoms with Gasteiger partial charge in [-0.25, -0.2) is 0 Å². The van der Waals surface area contributed by atoms with Crippen molar-refractivity contribution in [2.24, 2.45) is 0 Å². The zero-order valence-corrected chi connectivity index (χ0v) is 16.0. The standard InChI is InChI=1S/C14H10.2CHF3O3S/c1-2-6-12-10-14-8-4-3-7-13(14)9-11(12)5-1;2*2-1(3,4)8(5,6)7/h1-10H;2*(H,5,6,7). The van der Waals surface area contributed by atoms with Crippen LogP contribution in [-0.4, -0.2) is 37.0 Å². The van der Waals surface area contributed by atoms with Gasteiger partial charge in [-0.05, 0) is 33.7 Å². The molecule has 0 saturated carbocycles. The molecule has 0 spiro atoms. The lowest BCUT2D eigenvalue weighted by atomic mass is 10.0. The van der Waals surface area contributed by atoms with Gasteiger partial charge in [0.15, 0.2) is 0 Å². The fraction of sp³-hybridized carbons (Fsp3) is 0.125. The molecular weight excluding hydrogens is 466 g/mol. The minimum absolute atomic E-state index is 1.31. The molecular formula is C16H12F6O6S2. The van der Waals surface area contributed by atoms with E-state index >= 15 is 0 Å². The van der Waals surface area contributed by atoms with E-state index in [-0.39, 0.29) is 0 Å². The van der Waals surface area contributed by atoms with Gasteiger partial charge in [-0.3, -0.25) is 9.11 Å². The fourth-order valence-electron chi connectivity index (χ4n) is 1.88. The molecule has 0 radical (unpaired) electrons. The maximum absolute atomic E-state index is 10.7. The minimum atomic E-state index is -5.84. The Morgan fingerprint density at radius 3 is 0.833 bits per heavy atom. The molecule has 3 rings (SSSR count). The van der Waals surface area contributed by atoms with Crippen LogP contribution in [0.3, 0.4) is 0 Å². The van der Waals surface area contributed by atoms with Crippen molar-refractivity contribution in [3.8, 4) is 0 Å². The Kier molecular flexibility index (Phi) is 7.82. The highest BCUT2D eigenvalue weighted by molar-refractivity contribution is 7.86. The summed E-state index contributed by atoms with van der Waals surface area (Å²) in [6, 6.07) is 21.4. The maximum Gasteiger partial charge on any atom is 0.522 e. The first-order valence-electron chi connectivity index (χ1n) is 7.38. The smallest absolute Gasteiger partial charge is 0.279 e. The molecule has 0 heterocycles. The summed E-state index contributed by atoms with van der Waals surface area (Å²) in [7, 11) is -11.7. The molecule has 0 aliphatic heterocycles. The Morgan fingerprint density at radius 2 is 0.700 bits per heavy atom. The molecule has 0 fully saturated rings. The highest BCUT2D eigenvalue weighted by atomic mass is 32.2. The molecule has 0 aliphatic carbocycles. The van der Waals surface area contributed by atoms with Gasteiger partial charge in [0.1, 0.15) is 0 Å². The third-order valence-electron chi connectivity index (χ3n) is 3.20. The van der Waals surface area contributed by atoms with E-state index < -0.39 is 31.3 Å². The van der Waals surface area contributed by atoms with Crippen LogP contribution in [0.1, 0.15) is 0 Å². The van der Waals surface area contributed by atoms with Crippen LogP contribution in [0.5, 0.6) is 0 Å². The van der Waals surface area contributed by atoms with Crippen molar-refractivity contribution >= 4 is 41.8 Å². The molecule has 2 N–H and O–H groups in total. The predicted molar refractivity (Wildman–Crippen MR) is 96.7 cm³/mol. The van der Waals surface area contributed by atoms with Gasteiger partial charge in [0, 0.05) is 0 Å². The normalized spacial score (nSPS) is 12.5. The monoisotopic (exact) mass is 478 g/mol. The van der Waals surface area contributed by atoms with Crippen LogP contribution in [-0.2, 0) is 20.2 Å². The Balaban J connectivity index is 0.000000245. The van der Waals surface area contributed by atoms with Crippen LogP contribution in [0.15, 0.2) is 60.7 Å². The summed E-state index contributed by atoms with van der Waals surface area (Å²) < 4.78 is 115. The molecule has 0 atom stereocenters. The number of halogens is 6. The topological polar surface area (TPSA) is 109 Å². The summed E-state index contributed by atoms with van der Waals surface area (Å²) in [6.07, 6.45) is 0. The van der Waals surface area contributed by atoms with E-state index in [2.05, 4.69) is 60.7 Å². The number of fused-ring (bicyclic) bond motifs is 2.